The van der Waals surface area contributed by atoms with Crippen molar-refractivity contribution in [3.63, 3.8) is 0 Å². The van der Waals surface area contributed by atoms with Gasteiger partial charge in [-0.05, 0) is 53.3 Å². The van der Waals surface area contributed by atoms with Gasteiger partial charge in [0.05, 0.1) is 6.04 Å². The highest BCUT2D eigenvalue weighted by Gasteiger charge is 2.42. The number of hydrogen-bond donors (Lipinski definition) is 1. The summed E-state index contributed by atoms with van der Waals surface area (Å²) in [4.78, 5) is 2.45. The van der Waals surface area contributed by atoms with Crippen LogP contribution in [0.25, 0.3) is 0 Å². The second-order valence-corrected chi connectivity index (χ2v) is 6.89. The van der Waals surface area contributed by atoms with Gasteiger partial charge in [-0.1, -0.05) is 18.2 Å². The zero-order valence-electron chi connectivity index (χ0n) is 13.0. The number of ether oxygens (including phenoxy) is 1. The topological polar surface area (TPSA) is 24.5 Å². The Morgan fingerprint density at radius 1 is 1.30 bits per heavy atom. The lowest BCUT2D eigenvalue weighted by molar-refractivity contribution is 0.0786. The van der Waals surface area contributed by atoms with E-state index in [1.807, 2.05) is 0 Å². The minimum Gasteiger partial charge on any atom is -0.486 e. The molecule has 110 valence electrons. The number of likely N-dealkylation sites (tertiary alicyclic amines) is 1. The van der Waals surface area contributed by atoms with Crippen LogP contribution in [0.2, 0.25) is 0 Å². The van der Waals surface area contributed by atoms with Crippen LogP contribution in [0, 0.1) is 0 Å². The van der Waals surface area contributed by atoms with E-state index in [0.29, 0.717) is 18.1 Å². The SMILES string of the molecule is CC1CC(NC2c3ccccc3OC2(C)C)CCN1C. The van der Waals surface area contributed by atoms with Crippen LogP contribution in [0.4, 0.5) is 0 Å². The molecule has 3 atom stereocenters. The summed E-state index contributed by atoms with van der Waals surface area (Å²) in [7, 11) is 2.22. The van der Waals surface area contributed by atoms with Gasteiger partial charge in [0.1, 0.15) is 11.4 Å². The average molecular weight is 274 g/mol. The molecule has 0 amide bonds. The molecule has 2 aliphatic heterocycles. The molecule has 1 aromatic rings. The van der Waals surface area contributed by atoms with Gasteiger partial charge in [-0.2, -0.15) is 0 Å². The summed E-state index contributed by atoms with van der Waals surface area (Å²) in [5.41, 5.74) is 1.14. The number of piperidine rings is 1. The maximum Gasteiger partial charge on any atom is 0.125 e. The number of para-hydroxylation sites is 1. The lowest BCUT2D eigenvalue weighted by Crippen LogP contribution is -2.50. The number of fused-ring (bicyclic) bond motifs is 1. The molecule has 0 aliphatic carbocycles. The van der Waals surface area contributed by atoms with Crippen molar-refractivity contribution in [3.8, 4) is 5.75 Å². The number of rotatable bonds is 2. The van der Waals surface area contributed by atoms with Crippen LogP contribution < -0.4 is 10.1 Å². The summed E-state index contributed by atoms with van der Waals surface area (Å²) >= 11 is 0. The summed E-state index contributed by atoms with van der Waals surface area (Å²) in [6.07, 6.45) is 2.43. The van der Waals surface area contributed by atoms with E-state index in [0.717, 1.165) is 5.75 Å². The van der Waals surface area contributed by atoms with Crippen molar-refractivity contribution in [1.82, 2.24) is 10.2 Å². The van der Waals surface area contributed by atoms with E-state index in [9.17, 15) is 0 Å². The smallest absolute Gasteiger partial charge is 0.125 e. The first kappa shape index (κ1) is 13.9. The van der Waals surface area contributed by atoms with Gasteiger partial charge in [0, 0.05) is 17.6 Å². The van der Waals surface area contributed by atoms with Crippen LogP contribution in [0.1, 0.15) is 45.2 Å². The van der Waals surface area contributed by atoms with Crippen molar-refractivity contribution in [1.29, 1.82) is 0 Å². The fraction of sp³-hybridized carbons (Fsp3) is 0.647. The van der Waals surface area contributed by atoms with Gasteiger partial charge in [0.25, 0.3) is 0 Å². The van der Waals surface area contributed by atoms with E-state index in [-0.39, 0.29) is 5.60 Å². The first-order valence-corrected chi connectivity index (χ1v) is 7.71. The highest BCUT2D eigenvalue weighted by molar-refractivity contribution is 5.42. The van der Waals surface area contributed by atoms with Crippen LogP contribution in [0.3, 0.4) is 0 Å². The zero-order chi connectivity index (χ0) is 14.3. The fourth-order valence-electron chi connectivity index (χ4n) is 3.50. The Bertz CT molecular complexity index is 486. The molecule has 3 nitrogen and oxygen atoms in total. The van der Waals surface area contributed by atoms with Crippen LogP contribution in [0.15, 0.2) is 24.3 Å². The Balaban J connectivity index is 1.76. The minimum absolute atomic E-state index is 0.170. The molecule has 0 spiro atoms. The summed E-state index contributed by atoms with van der Waals surface area (Å²) in [6.45, 7) is 7.86. The molecule has 3 heteroatoms. The van der Waals surface area contributed by atoms with Crippen LogP contribution in [0.5, 0.6) is 5.75 Å². The van der Waals surface area contributed by atoms with E-state index in [1.165, 1.54) is 24.9 Å². The van der Waals surface area contributed by atoms with Gasteiger partial charge >= 0.3 is 0 Å². The Labute approximate surface area is 122 Å². The van der Waals surface area contributed by atoms with Gasteiger partial charge in [-0.25, -0.2) is 0 Å². The summed E-state index contributed by atoms with van der Waals surface area (Å²) in [5.74, 6) is 1.04. The largest absolute Gasteiger partial charge is 0.486 e. The van der Waals surface area contributed by atoms with E-state index < -0.39 is 0 Å². The van der Waals surface area contributed by atoms with Crippen LogP contribution in [-0.4, -0.2) is 36.2 Å². The second kappa shape index (κ2) is 5.05. The normalized spacial score (nSPS) is 32.7. The van der Waals surface area contributed by atoms with Crippen LogP contribution in [-0.2, 0) is 0 Å². The van der Waals surface area contributed by atoms with E-state index in [4.69, 9.17) is 4.74 Å². The fourth-order valence-corrected chi connectivity index (χ4v) is 3.50. The average Bonchev–Trinajstić information content (AvgIpc) is 2.65. The maximum atomic E-state index is 6.12. The Morgan fingerprint density at radius 2 is 2.05 bits per heavy atom. The number of nitrogens with one attached hydrogen (secondary N) is 1. The van der Waals surface area contributed by atoms with Gasteiger partial charge in [0.2, 0.25) is 0 Å². The van der Waals surface area contributed by atoms with E-state index in [2.05, 4.69) is 62.3 Å². The molecule has 3 rings (SSSR count). The molecular weight excluding hydrogens is 248 g/mol. The van der Waals surface area contributed by atoms with Crippen molar-refractivity contribution in [3.05, 3.63) is 29.8 Å². The number of nitrogens with zero attached hydrogens (tertiary/aromatic N) is 1. The second-order valence-electron chi connectivity index (χ2n) is 6.89. The predicted molar refractivity (Wildman–Crippen MR) is 82.1 cm³/mol. The quantitative estimate of drug-likeness (QED) is 0.897. The zero-order valence-corrected chi connectivity index (χ0v) is 13.0. The van der Waals surface area contributed by atoms with Gasteiger partial charge in [-0.15, -0.1) is 0 Å². The molecule has 0 aromatic heterocycles. The molecular formula is C17H26N2O. The molecule has 2 aliphatic rings. The molecule has 1 N–H and O–H groups in total. The predicted octanol–water partition coefficient (Wildman–Crippen LogP) is 2.97. The van der Waals surface area contributed by atoms with Gasteiger partial charge in [-0.3, -0.25) is 0 Å². The molecule has 1 fully saturated rings. The highest BCUT2D eigenvalue weighted by Crippen LogP contribution is 2.43. The molecule has 3 unspecified atom stereocenters. The van der Waals surface area contributed by atoms with Crippen LogP contribution >= 0.6 is 0 Å². The lowest BCUT2D eigenvalue weighted by atomic mass is 9.91. The van der Waals surface area contributed by atoms with Crippen molar-refractivity contribution in [2.75, 3.05) is 13.6 Å². The third-order valence-electron chi connectivity index (χ3n) is 4.91. The van der Waals surface area contributed by atoms with Gasteiger partial charge in [0.15, 0.2) is 0 Å². The third-order valence-corrected chi connectivity index (χ3v) is 4.91. The summed E-state index contributed by atoms with van der Waals surface area (Å²) in [5, 5.41) is 3.86. The third kappa shape index (κ3) is 2.45. The molecule has 1 aromatic carbocycles. The van der Waals surface area contributed by atoms with Crippen molar-refractivity contribution in [2.45, 2.75) is 57.3 Å². The first-order chi connectivity index (χ1) is 9.47. The molecule has 2 heterocycles. The standard InChI is InChI=1S/C17H26N2O/c1-12-11-13(9-10-19(12)4)18-16-14-7-5-6-8-15(14)20-17(16,2)3/h5-8,12-13,16,18H,9-11H2,1-4H3. The van der Waals surface area contributed by atoms with Gasteiger partial charge < -0.3 is 15.0 Å². The Morgan fingerprint density at radius 3 is 2.80 bits per heavy atom. The summed E-state index contributed by atoms with van der Waals surface area (Å²) < 4.78 is 6.12. The summed E-state index contributed by atoms with van der Waals surface area (Å²) in [6, 6.07) is 9.96. The number of hydrogen-bond acceptors (Lipinski definition) is 3. The van der Waals surface area contributed by atoms with Crippen molar-refractivity contribution >= 4 is 0 Å². The van der Waals surface area contributed by atoms with Crippen molar-refractivity contribution in [2.24, 2.45) is 0 Å². The molecule has 1 saturated heterocycles. The first-order valence-electron chi connectivity index (χ1n) is 7.71. The molecule has 20 heavy (non-hydrogen) atoms. The Hall–Kier alpha value is -1.06. The maximum absolute atomic E-state index is 6.12. The minimum atomic E-state index is -0.170. The lowest BCUT2D eigenvalue weighted by Gasteiger charge is -2.38. The monoisotopic (exact) mass is 274 g/mol. The molecule has 0 bridgehead atoms. The highest BCUT2D eigenvalue weighted by atomic mass is 16.5. The van der Waals surface area contributed by atoms with Crippen molar-refractivity contribution < 1.29 is 4.74 Å². The molecule has 0 saturated carbocycles. The number of benzene rings is 1. The van der Waals surface area contributed by atoms with E-state index in [1.54, 1.807) is 0 Å². The van der Waals surface area contributed by atoms with E-state index >= 15 is 0 Å². The Kier molecular flexibility index (Phi) is 3.51. The molecule has 0 radical (unpaired) electrons.